The van der Waals surface area contributed by atoms with Gasteiger partial charge in [0.05, 0.1) is 0 Å². The number of carbonyl (C=O) groups excluding carboxylic acids is 1. The second kappa shape index (κ2) is 12.7. The van der Waals surface area contributed by atoms with Crippen LogP contribution < -0.4 is 0 Å². The molecular formula is C16H32ClO3P. The molecule has 0 aromatic heterocycles. The van der Waals surface area contributed by atoms with Gasteiger partial charge < -0.3 is 4.89 Å². The molecule has 0 fully saturated rings. The highest BCUT2D eigenvalue weighted by atomic mass is 35.5. The van der Waals surface area contributed by atoms with Crippen LogP contribution in [0.25, 0.3) is 0 Å². The van der Waals surface area contributed by atoms with Crippen LogP contribution in [0.2, 0.25) is 0 Å². The van der Waals surface area contributed by atoms with Crippen molar-refractivity contribution in [3.8, 4) is 0 Å². The summed E-state index contributed by atoms with van der Waals surface area (Å²) in [5.41, 5.74) is -0.513. The van der Waals surface area contributed by atoms with Gasteiger partial charge in [0.2, 0.25) is 12.6 Å². The summed E-state index contributed by atoms with van der Waals surface area (Å²) >= 11 is 5.27. The van der Waals surface area contributed by atoms with Crippen LogP contribution in [-0.4, -0.2) is 22.0 Å². The number of hydrogen-bond acceptors (Lipinski definition) is 2. The normalized spacial score (nSPS) is 15.6. The number of unbranched alkanes of at least 4 members (excludes halogenated alkanes) is 9. The summed E-state index contributed by atoms with van der Waals surface area (Å²) in [5.74, 6) is 0. The van der Waals surface area contributed by atoms with E-state index >= 15 is 0 Å². The maximum absolute atomic E-state index is 12.0. The number of carbonyl (C=O) groups is 1. The van der Waals surface area contributed by atoms with Gasteiger partial charge in [-0.25, -0.2) is 0 Å². The fraction of sp³-hybridized carbons (Fsp3) is 0.938. The first-order chi connectivity index (χ1) is 9.90. The van der Waals surface area contributed by atoms with Gasteiger partial charge in [0.25, 0.3) is 0 Å². The molecule has 2 unspecified atom stereocenters. The predicted octanol–water partition coefficient (Wildman–Crippen LogP) is 5.72. The van der Waals surface area contributed by atoms with Gasteiger partial charge in [0.15, 0.2) is 0 Å². The number of hydrogen-bond donors (Lipinski definition) is 1. The standard InChI is InChI=1S/C16H32ClO3P/c1-3-4-5-6-7-8-9-10-11-12-13-21(19,20)15(2)14-16(17)18/h15H,3-14H2,1-2H3,(H,19,20). The third kappa shape index (κ3) is 12.4. The molecule has 21 heavy (non-hydrogen) atoms. The van der Waals surface area contributed by atoms with Crippen LogP contribution in [0.5, 0.6) is 0 Å². The Kier molecular flexibility index (Phi) is 12.8. The third-order valence-corrected chi connectivity index (χ3v) is 6.65. The van der Waals surface area contributed by atoms with E-state index in [4.69, 9.17) is 11.6 Å². The SMILES string of the molecule is CCCCCCCCCCCCP(=O)(O)C(C)CC(=O)Cl. The van der Waals surface area contributed by atoms with Gasteiger partial charge in [0, 0.05) is 18.2 Å². The Morgan fingerprint density at radius 2 is 1.43 bits per heavy atom. The van der Waals surface area contributed by atoms with E-state index < -0.39 is 18.3 Å². The second-order valence-corrected chi connectivity index (χ2v) is 9.33. The van der Waals surface area contributed by atoms with Crippen LogP contribution in [0.4, 0.5) is 0 Å². The Hall–Kier alpha value is 0.150. The van der Waals surface area contributed by atoms with E-state index in [-0.39, 0.29) is 6.42 Å². The summed E-state index contributed by atoms with van der Waals surface area (Å²) in [7, 11) is -3.22. The smallest absolute Gasteiger partial charge is 0.222 e. The lowest BCUT2D eigenvalue weighted by atomic mass is 10.1. The van der Waals surface area contributed by atoms with E-state index in [9.17, 15) is 14.3 Å². The third-order valence-electron chi connectivity index (χ3n) is 3.98. The van der Waals surface area contributed by atoms with Crippen molar-refractivity contribution in [1.29, 1.82) is 0 Å². The molecule has 2 atom stereocenters. The molecule has 0 radical (unpaired) electrons. The molecule has 0 heterocycles. The molecule has 0 aromatic rings. The molecule has 1 N–H and O–H groups in total. The molecule has 0 aliphatic rings. The van der Waals surface area contributed by atoms with Crippen molar-refractivity contribution in [2.45, 2.75) is 90.1 Å². The van der Waals surface area contributed by atoms with Gasteiger partial charge in [-0.05, 0) is 18.0 Å². The van der Waals surface area contributed by atoms with E-state index in [1.165, 1.54) is 44.9 Å². The summed E-state index contributed by atoms with van der Waals surface area (Å²) < 4.78 is 12.0. The maximum atomic E-state index is 12.0. The Bertz CT molecular complexity index is 321. The van der Waals surface area contributed by atoms with Crippen LogP contribution in [0.3, 0.4) is 0 Å². The molecule has 0 rings (SSSR count). The van der Waals surface area contributed by atoms with Crippen molar-refractivity contribution >= 4 is 24.2 Å². The Balaban J connectivity index is 3.53. The van der Waals surface area contributed by atoms with Crippen molar-refractivity contribution in [2.75, 3.05) is 6.16 Å². The van der Waals surface area contributed by atoms with E-state index in [1.54, 1.807) is 6.92 Å². The molecule has 5 heteroatoms. The average Bonchev–Trinajstić information content (AvgIpc) is 2.40. The topological polar surface area (TPSA) is 54.4 Å². The largest absolute Gasteiger partial charge is 0.344 e. The maximum Gasteiger partial charge on any atom is 0.222 e. The van der Waals surface area contributed by atoms with Crippen molar-refractivity contribution in [1.82, 2.24) is 0 Å². The van der Waals surface area contributed by atoms with Crippen LogP contribution in [0.1, 0.15) is 84.5 Å². The molecule has 0 amide bonds. The summed E-state index contributed by atoms with van der Waals surface area (Å²) in [6, 6.07) is 0. The summed E-state index contributed by atoms with van der Waals surface area (Å²) in [4.78, 5) is 20.7. The summed E-state index contributed by atoms with van der Waals surface area (Å²) in [6.45, 7) is 3.86. The molecule has 0 aliphatic carbocycles. The molecule has 0 spiro atoms. The van der Waals surface area contributed by atoms with Gasteiger partial charge in [0.1, 0.15) is 0 Å². The fourth-order valence-electron chi connectivity index (χ4n) is 2.42. The van der Waals surface area contributed by atoms with Crippen LogP contribution >= 0.6 is 19.0 Å². The molecule has 126 valence electrons. The second-order valence-electron chi connectivity index (χ2n) is 6.07. The average molecular weight is 339 g/mol. The van der Waals surface area contributed by atoms with Gasteiger partial charge in [-0.2, -0.15) is 0 Å². The predicted molar refractivity (Wildman–Crippen MR) is 91.5 cm³/mol. The van der Waals surface area contributed by atoms with Crippen molar-refractivity contribution in [3.63, 3.8) is 0 Å². The lowest BCUT2D eigenvalue weighted by Crippen LogP contribution is -2.09. The molecule has 3 nitrogen and oxygen atoms in total. The lowest BCUT2D eigenvalue weighted by Gasteiger charge is -2.17. The molecule has 0 saturated carbocycles. The first kappa shape index (κ1) is 21.1. The van der Waals surface area contributed by atoms with Gasteiger partial charge in [-0.1, -0.05) is 71.6 Å². The number of rotatable bonds is 14. The van der Waals surface area contributed by atoms with Gasteiger partial charge in [-0.3, -0.25) is 9.36 Å². The van der Waals surface area contributed by atoms with Gasteiger partial charge >= 0.3 is 0 Å². The minimum absolute atomic E-state index is 0.00685. The van der Waals surface area contributed by atoms with E-state index in [0.29, 0.717) is 6.16 Å². The van der Waals surface area contributed by atoms with E-state index in [1.807, 2.05) is 0 Å². The highest BCUT2D eigenvalue weighted by molar-refractivity contribution is 7.58. The quantitative estimate of drug-likeness (QED) is 0.250. The molecule has 0 aromatic carbocycles. The zero-order valence-corrected chi connectivity index (χ0v) is 15.3. The van der Waals surface area contributed by atoms with Crippen molar-refractivity contribution in [3.05, 3.63) is 0 Å². The molecular weight excluding hydrogens is 307 g/mol. The lowest BCUT2D eigenvalue weighted by molar-refractivity contribution is -0.111. The summed E-state index contributed by atoms with van der Waals surface area (Å²) in [5, 5.41) is -0.528. The minimum Gasteiger partial charge on any atom is -0.344 e. The first-order valence-corrected chi connectivity index (χ1v) is 10.7. The monoisotopic (exact) mass is 338 g/mol. The van der Waals surface area contributed by atoms with Crippen LogP contribution in [0, 0.1) is 0 Å². The number of halogens is 1. The Morgan fingerprint density at radius 1 is 1.00 bits per heavy atom. The molecule has 0 aliphatic heterocycles. The van der Waals surface area contributed by atoms with E-state index in [0.717, 1.165) is 19.3 Å². The van der Waals surface area contributed by atoms with Gasteiger partial charge in [-0.15, -0.1) is 0 Å². The fourth-order valence-corrected chi connectivity index (χ4v) is 4.33. The highest BCUT2D eigenvalue weighted by Gasteiger charge is 2.27. The van der Waals surface area contributed by atoms with Crippen LogP contribution in [-0.2, 0) is 9.36 Å². The zero-order valence-electron chi connectivity index (χ0n) is 13.7. The Labute approximate surface area is 135 Å². The van der Waals surface area contributed by atoms with E-state index in [2.05, 4.69) is 6.92 Å². The van der Waals surface area contributed by atoms with Crippen LogP contribution in [0.15, 0.2) is 0 Å². The van der Waals surface area contributed by atoms with Crippen molar-refractivity contribution < 1.29 is 14.3 Å². The molecule has 0 saturated heterocycles. The zero-order chi connectivity index (χ0) is 16.1. The van der Waals surface area contributed by atoms with Crippen molar-refractivity contribution in [2.24, 2.45) is 0 Å². The first-order valence-electron chi connectivity index (χ1n) is 8.40. The summed E-state index contributed by atoms with van der Waals surface area (Å²) in [6.07, 6.45) is 12.3. The minimum atomic E-state index is -3.22. The molecule has 0 bridgehead atoms. The Morgan fingerprint density at radius 3 is 1.86 bits per heavy atom. The highest BCUT2D eigenvalue weighted by Crippen LogP contribution is 2.48.